The molecule has 5 heteroatoms. The van der Waals surface area contributed by atoms with E-state index in [-0.39, 0.29) is 4.90 Å². The van der Waals surface area contributed by atoms with Crippen molar-refractivity contribution in [2.75, 3.05) is 19.3 Å². The van der Waals surface area contributed by atoms with Crippen LogP contribution in [0.2, 0.25) is 0 Å². The highest BCUT2D eigenvalue weighted by atomic mass is 32.2. The Balaban J connectivity index is 2.54. The molecule has 1 aromatic carbocycles. The molecule has 0 aliphatic carbocycles. The molecule has 0 spiro atoms. The van der Waals surface area contributed by atoms with E-state index in [0.29, 0.717) is 12.5 Å². The van der Waals surface area contributed by atoms with E-state index in [0.717, 1.165) is 24.9 Å². The van der Waals surface area contributed by atoms with E-state index in [1.807, 2.05) is 0 Å². The van der Waals surface area contributed by atoms with Crippen LogP contribution >= 0.6 is 0 Å². The fourth-order valence-corrected chi connectivity index (χ4v) is 2.69. The summed E-state index contributed by atoms with van der Waals surface area (Å²) in [5, 5.41) is 13.3. The summed E-state index contributed by atoms with van der Waals surface area (Å²) in [4.78, 5) is 0.276. The van der Waals surface area contributed by atoms with Crippen LogP contribution in [0, 0.1) is 5.92 Å². The summed E-state index contributed by atoms with van der Waals surface area (Å²) in [7, 11) is -3.18. The molecule has 1 atom stereocenters. The maximum absolute atomic E-state index is 11.4. The number of sulfone groups is 1. The lowest BCUT2D eigenvalue weighted by Gasteiger charge is -2.16. The van der Waals surface area contributed by atoms with Crippen molar-refractivity contribution < 1.29 is 13.5 Å². The molecule has 0 saturated heterocycles. The molecule has 1 rings (SSSR count). The van der Waals surface area contributed by atoms with Gasteiger partial charge in [0.1, 0.15) is 0 Å². The maximum atomic E-state index is 11.4. The zero-order valence-corrected chi connectivity index (χ0v) is 13.3. The lowest BCUT2D eigenvalue weighted by Crippen LogP contribution is -2.27. The highest BCUT2D eigenvalue weighted by molar-refractivity contribution is 7.90. The van der Waals surface area contributed by atoms with Crippen molar-refractivity contribution in [1.29, 1.82) is 0 Å². The molecule has 20 heavy (non-hydrogen) atoms. The average molecular weight is 299 g/mol. The number of rotatable bonds is 8. The smallest absolute Gasteiger partial charge is 0.175 e. The maximum Gasteiger partial charge on any atom is 0.175 e. The van der Waals surface area contributed by atoms with Gasteiger partial charge in [-0.3, -0.25) is 0 Å². The Kier molecular flexibility index (Phi) is 6.65. The molecule has 0 amide bonds. The SMILES string of the molecule is CCC(CC)CNCC(O)c1ccc(S(C)(=O)=O)cc1. The van der Waals surface area contributed by atoms with Gasteiger partial charge < -0.3 is 10.4 Å². The van der Waals surface area contributed by atoms with Crippen LogP contribution in [-0.4, -0.2) is 32.9 Å². The van der Waals surface area contributed by atoms with Gasteiger partial charge in [0.25, 0.3) is 0 Å². The van der Waals surface area contributed by atoms with E-state index < -0.39 is 15.9 Å². The van der Waals surface area contributed by atoms with Crippen LogP contribution in [0.3, 0.4) is 0 Å². The Hall–Kier alpha value is -0.910. The van der Waals surface area contributed by atoms with Crippen molar-refractivity contribution in [2.45, 2.75) is 37.7 Å². The molecule has 0 fully saturated rings. The Labute approximate surface area is 122 Å². The van der Waals surface area contributed by atoms with Crippen molar-refractivity contribution in [3.8, 4) is 0 Å². The van der Waals surface area contributed by atoms with Crippen molar-refractivity contribution in [3.63, 3.8) is 0 Å². The lowest BCUT2D eigenvalue weighted by atomic mass is 10.0. The van der Waals surface area contributed by atoms with Crippen LogP contribution in [0.15, 0.2) is 29.2 Å². The molecule has 0 heterocycles. The second-order valence-electron chi connectivity index (χ2n) is 5.20. The summed E-state index contributed by atoms with van der Waals surface area (Å²) in [6.45, 7) is 5.70. The topological polar surface area (TPSA) is 66.4 Å². The molecule has 1 aromatic rings. The minimum Gasteiger partial charge on any atom is -0.387 e. The number of nitrogens with one attached hydrogen (secondary N) is 1. The van der Waals surface area contributed by atoms with E-state index >= 15 is 0 Å². The molecule has 0 radical (unpaired) electrons. The van der Waals surface area contributed by atoms with Gasteiger partial charge in [-0.1, -0.05) is 38.8 Å². The first-order valence-electron chi connectivity index (χ1n) is 7.07. The molecule has 4 nitrogen and oxygen atoms in total. The van der Waals surface area contributed by atoms with Crippen LogP contribution in [0.25, 0.3) is 0 Å². The van der Waals surface area contributed by atoms with Crippen molar-refractivity contribution >= 4 is 9.84 Å². The van der Waals surface area contributed by atoms with Crippen LogP contribution in [0.5, 0.6) is 0 Å². The average Bonchev–Trinajstić information content (AvgIpc) is 2.42. The summed E-state index contributed by atoms with van der Waals surface area (Å²) in [6, 6.07) is 6.41. The Bertz CT molecular complexity index is 492. The number of aliphatic hydroxyl groups is 1. The summed E-state index contributed by atoms with van der Waals surface area (Å²) in [5.74, 6) is 0.634. The zero-order chi connectivity index (χ0) is 15.2. The van der Waals surface area contributed by atoms with Crippen LogP contribution in [0.4, 0.5) is 0 Å². The Morgan fingerprint density at radius 2 is 1.65 bits per heavy atom. The van der Waals surface area contributed by atoms with E-state index in [1.165, 1.54) is 18.4 Å². The molecular formula is C15H25NO3S. The fraction of sp³-hybridized carbons (Fsp3) is 0.600. The van der Waals surface area contributed by atoms with Gasteiger partial charge in [0, 0.05) is 12.8 Å². The largest absolute Gasteiger partial charge is 0.387 e. The molecule has 1 unspecified atom stereocenters. The minimum atomic E-state index is -3.18. The number of hydrogen-bond acceptors (Lipinski definition) is 4. The van der Waals surface area contributed by atoms with E-state index in [2.05, 4.69) is 19.2 Å². The zero-order valence-electron chi connectivity index (χ0n) is 12.5. The van der Waals surface area contributed by atoms with E-state index in [9.17, 15) is 13.5 Å². The summed E-state index contributed by atoms with van der Waals surface area (Å²) < 4.78 is 22.7. The lowest BCUT2D eigenvalue weighted by molar-refractivity contribution is 0.172. The third-order valence-corrected chi connectivity index (χ3v) is 4.75. The molecule has 0 bridgehead atoms. The number of aliphatic hydroxyl groups excluding tert-OH is 1. The first-order chi connectivity index (χ1) is 9.38. The molecule has 0 aliphatic rings. The van der Waals surface area contributed by atoms with Crippen molar-refractivity contribution in [1.82, 2.24) is 5.32 Å². The van der Waals surface area contributed by atoms with Gasteiger partial charge in [0.05, 0.1) is 11.0 Å². The van der Waals surface area contributed by atoms with Gasteiger partial charge in [-0.2, -0.15) is 0 Å². The molecule has 2 N–H and O–H groups in total. The van der Waals surface area contributed by atoms with E-state index in [4.69, 9.17) is 0 Å². The van der Waals surface area contributed by atoms with Crippen molar-refractivity contribution in [3.05, 3.63) is 29.8 Å². The monoisotopic (exact) mass is 299 g/mol. The molecule has 0 saturated carbocycles. The third-order valence-electron chi connectivity index (χ3n) is 3.62. The third kappa shape index (κ3) is 5.23. The summed E-state index contributed by atoms with van der Waals surface area (Å²) in [6.07, 6.45) is 2.82. The van der Waals surface area contributed by atoms with Gasteiger partial charge in [-0.05, 0) is 30.2 Å². The highest BCUT2D eigenvalue weighted by Gasteiger charge is 2.11. The van der Waals surface area contributed by atoms with Gasteiger partial charge in [0.15, 0.2) is 9.84 Å². The summed E-state index contributed by atoms with van der Waals surface area (Å²) >= 11 is 0. The number of hydrogen-bond donors (Lipinski definition) is 2. The van der Waals surface area contributed by atoms with Gasteiger partial charge >= 0.3 is 0 Å². The molecular weight excluding hydrogens is 274 g/mol. The molecule has 0 aliphatic heterocycles. The first-order valence-corrected chi connectivity index (χ1v) is 8.96. The Morgan fingerprint density at radius 3 is 2.10 bits per heavy atom. The Morgan fingerprint density at radius 1 is 1.10 bits per heavy atom. The standard InChI is InChI=1S/C15H25NO3S/c1-4-12(5-2)10-16-11-15(17)13-6-8-14(9-7-13)20(3,18)19/h6-9,12,15-17H,4-5,10-11H2,1-3H3. The minimum absolute atomic E-state index is 0.276. The normalized spacial score (nSPS) is 13.7. The predicted molar refractivity (Wildman–Crippen MR) is 81.5 cm³/mol. The van der Waals surface area contributed by atoms with Crippen LogP contribution in [0.1, 0.15) is 38.4 Å². The second-order valence-corrected chi connectivity index (χ2v) is 7.21. The van der Waals surface area contributed by atoms with Gasteiger partial charge in [0.2, 0.25) is 0 Å². The van der Waals surface area contributed by atoms with Crippen LogP contribution in [-0.2, 0) is 9.84 Å². The van der Waals surface area contributed by atoms with Crippen LogP contribution < -0.4 is 5.32 Å². The molecule has 0 aromatic heterocycles. The quantitative estimate of drug-likeness (QED) is 0.772. The van der Waals surface area contributed by atoms with Crippen molar-refractivity contribution in [2.24, 2.45) is 5.92 Å². The summed E-state index contributed by atoms with van der Waals surface area (Å²) in [5.41, 5.74) is 0.731. The molecule has 114 valence electrons. The predicted octanol–water partition coefficient (Wildman–Crippen LogP) is 2.15. The first kappa shape index (κ1) is 17.1. The van der Waals surface area contributed by atoms with E-state index in [1.54, 1.807) is 12.1 Å². The van der Waals surface area contributed by atoms with Gasteiger partial charge in [-0.15, -0.1) is 0 Å². The van der Waals surface area contributed by atoms with Gasteiger partial charge in [-0.25, -0.2) is 8.42 Å². The fourth-order valence-electron chi connectivity index (χ4n) is 2.06. The second kappa shape index (κ2) is 7.76. The number of benzene rings is 1. The highest BCUT2D eigenvalue weighted by Crippen LogP contribution is 2.16.